The largest absolute Gasteiger partial charge is 0.479 e. The Hall–Kier alpha value is -1.97. The van der Waals surface area contributed by atoms with Crippen molar-refractivity contribution in [1.82, 2.24) is 9.55 Å². The Morgan fingerprint density at radius 2 is 1.87 bits per heavy atom. The summed E-state index contributed by atoms with van der Waals surface area (Å²) < 4.78 is 60.9. The Morgan fingerprint density at radius 1 is 1.26 bits per heavy atom. The molecule has 1 fully saturated rings. The van der Waals surface area contributed by atoms with Crippen LogP contribution in [0.15, 0.2) is 17.1 Å². The Morgan fingerprint density at radius 3 is 2.41 bits per heavy atom. The van der Waals surface area contributed by atoms with Gasteiger partial charge in [-0.15, -0.1) is 0 Å². The number of nitrogen functional groups attached to an aromatic ring is 1. The molecule has 39 heavy (non-hydrogen) atoms. The molecule has 6 atom stereocenters. The summed E-state index contributed by atoms with van der Waals surface area (Å²) in [6, 6.07) is 1.26. The predicted molar refractivity (Wildman–Crippen MR) is 135 cm³/mol. The summed E-state index contributed by atoms with van der Waals surface area (Å²) in [6.07, 6.45) is -5.73. The number of hydrogen-bond acceptors (Lipinski definition) is 13. The minimum Gasteiger partial charge on any atom is -0.437 e. The maximum atomic E-state index is 15.2. The summed E-state index contributed by atoms with van der Waals surface area (Å²) in [5.74, 6) is -0.754. The molecule has 1 saturated heterocycles. The highest BCUT2D eigenvalue weighted by Gasteiger charge is 2.56. The highest BCUT2D eigenvalue weighted by molar-refractivity contribution is 7.48. The van der Waals surface area contributed by atoms with E-state index in [4.69, 9.17) is 33.5 Å². The zero-order valence-electron chi connectivity index (χ0n) is 23.2. The number of alkyl halides is 1. The van der Waals surface area contributed by atoms with E-state index in [9.17, 15) is 24.4 Å². The van der Waals surface area contributed by atoms with Gasteiger partial charge in [0, 0.05) is 11.6 Å². The normalized spacial score (nSPS) is 26.3. The van der Waals surface area contributed by atoms with Crippen molar-refractivity contribution in [3.8, 4) is 0 Å². The minimum atomic E-state index is -4.62. The van der Waals surface area contributed by atoms with E-state index in [0.717, 1.165) is 4.57 Å². The number of rotatable bonds is 12. The number of phosphoric ester groups is 1. The van der Waals surface area contributed by atoms with Gasteiger partial charge in [-0.1, -0.05) is 27.7 Å². The van der Waals surface area contributed by atoms with Crippen LogP contribution >= 0.6 is 7.82 Å². The number of hydrogen-bond donors (Lipinski definition) is 3. The second-order valence-corrected chi connectivity index (χ2v) is 12.8. The standard InChI is InChI=1S/C23H39FN3O11P/c1-8-23(16(28)15(24)17(38-23)27-10-9-14(25)26-20(27)31)11-35-39(32,36-12-33-18(29)21(2,3)4)37-13-34-19(30)22(5,6)7/h9-10,15-18,28-29H,8,11-13H2,1-7H3,(H2,25,26,31)/t15-,16+,17-,18?,23-,39?/m1/s1. The van der Waals surface area contributed by atoms with Crippen LogP contribution in [-0.4, -0.2) is 70.1 Å². The summed E-state index contributed by atoms with van der Waals surface area (Å²) in [5.41, 5.74) is 1.18. The summed E-state index contributed by atoms with van der Waals surface area (Å²) in [5, 5.41) is 20.8. The molecule has 0 radical (unpaired) electrons. The van der Waals surface area contributed by atoms with Crippen molar-refractivity contribution in [3.05, 3.63) is 22.7 Å². The van der Waals surface area contributed by atoms with Crippen LogP contribution < -0.4 is 11.4 Å². The molecular formula is C23H39FN3O11P. The van der Waals surface area contributed by atoms with Crippen molar-refractivity contribution in [3.63, 3.8) is 0 Å². The number of anilines is 1. The molecule has 0 aliphatic carbocycles. The fraction of sp³-hybridized carbons (Fsp3) is 0.783. The molecule has 1 aliphatic rings. The van der Waals surface area contributed by atoms with E-state index in [1.165, 1.54) is 12.3 Å². The maximum absolute atomic E-state index is 15.2. The number of nitrogens with two attached hydrogens (primary N) is 1. The average molecular weight is 584 g/mol. The molecule has 1 aromatic heterocycles. The monoisotopic (exact) mass is 583 g/mol. The molecule has 0 aromatic carbocycles. The molecule has 224 valence electrons. The molecule has 1 aliphatic heterocycles. The van der Waals surface area contributed by atoms with Crippen LogP contribution in [0, 0.1) is 10.8 Å². The third-order valence-electron chi connectivity index (χ3n) is 5.85. The number of phosphoric acid groups is 1. The topological polar surface area (TPSA) is 191 Å². The zero-order valence-corrected chi connectivity index (χ0v) is 24.1. The van der Waals surface area contributed by atoms with Crippen molar-refractivity contribution >= 4 is 19.6 Å². The first-order chi connectivity index (χ1) is 17.8. The molecule has 14 nitrogen and oxygen atoms in total. The number of ether oxygens (including phenoxy) is 3. The summed E-state index contributed by atoms with van der Waals surface area (Å²) >= 11 is 0. The van der Waals surface area contributed by atoms with Gasteiger partial charge in [0.2, 0.25) is 6.79 Å². The van der Waals surface area contributed by atoms with Crippen molar-refractivity contribution in [2.75, 3.05) is 25.9 Å². The van der Waals surface area contributed by atoms with E-state index >= 15 is 4.39 Å². The molecule has 0 bridgehead atoms. The van der Waals surface area contributed by atoms with E-state index in [2.05, 4.69) is 4.98 Å². The van der Waals surface area contributed by atoms with E-state index in [1.54, 1.807) is 48.5 Å². The smallest absolute Gasteiger partial charge is 0.437 e. The Bertz CT molecular complexity index is 1090. The minimum absolute atomic E-state index is 0.0551. The molecule has 16 heteroatoms. The van der Waals surface area contributed by atoms with Gasteiger partial charge >= 0.3 is 19.5 Å². The first kappa shape index (κ1) is 33.2. The van der Waals surface area contributed by atoms with Crippen LogP contribution in [-0.2, 0) is 37.1 Å². The molecule has 2 rings (SSSR count). The van der Waals surface area contributed by atoms with Crippen LogP contribution in [0.1, 0.15) is 61.1 Å². The van der Waals surface area contributed by atoms with E-state index in [0.29, 0.717) is 0 Å². The summed E-state index contributed by atoms with van der Waals surface area (Å²) in [4.78, 5) is 27.8. The number of esters is 1. The van der Waals surface area contributed by atoms with Gasteiger partial charge in [0.1, 0.15) is 17.5 Å². The number of halogens is 1. The first-order valence-corrected chi connectivity index (χ1v) is 13.7. The quantitative estimate of drug-likeness (QED) is 0.185. The third kappa shape index (κ3) is 8.51. The van der Waals surface area contributed by atoms with Gasteiger partial charge in [-0.05, 0) is 33.3 Å². The van der Waals surface area contributed by atoms with Crippen molar-refractivity contribution in [2.45, 2.75) is 85.3 Å². The Labute approximate surface area is 226 Å². The Balaban J connectivity index is 2.21. The SMILES string of the molecule is CC[C@]1(COP(=O)(OCOC(=O)C(C)(C)C)OCOC(O)C(C)(C)C)O[C@@H](n2ccc(N)nc2=O)[C@H](F)[C@@H]1O. The fourth-order valence-electron chi connectivity index (χ4n) is 3.24. The molecule has 1 aromatic rings. The van der Waals surface area contributed by atoms with Crippen LogP contribution in [0.4, 0.5) is 10.2 Å². The second-order valence-electron chi connectivity index (χ2n) is 11.1. The highest BCUT2D eigenvalue weighted by Crippen LogP contribution is 2.52. The van der Waals surface area contributed by atoms with Gasteiger partial charge in [0.25, 0.3) is 0 Å². The lowest BCUT2D eigenvalue weighted by molar-refractivity contribution is -0.197. The van der Waals surface area contributed by atoms with Crippen molar-refractivity contribution in [1.29, 1.82) is 0 Å². The number of aliphatic hydroxyl groups excluding tert-OH is 2. The van der Waals surface area contributed by atoms with Crippen molar-refractivity contribution < 1.29 is 51.7 Å². The summed E-state index contributed by atoms with van der Waals surface area (Å²) in [7, 11) is -4.62. The number of nitrogens with zero attached hydrogens (tertiary/aromatic N) is 2. The van der Waals surface area contributed by atoms with Gasteiger partial charge < -0.3 is 30.2 Å². The predicted octanol–water partition coefficient (Wildman–Crippen LogP) is 2.25. The maximum Gasteiger partial charge on any atom is 0.479 e. The molecule has 0 spiro atoms. The zero-order chi connectivity index (χ0) is 29.8. The van der Waals surface area contributed by atoms with Crippen molar-refractivity contribution in [2.24, 2.45) is 10.8 Å². The number of aromatic nitrogens is 2. The second kappa shape index (κ2) is 12.7. The van der Waals surface area contributed by atoms with E-state index in [1.807, 2.05) is 0 Å². The third-order valence-corrected chi connectivity index (χ3v) is 7.14. The van der Waals surface area contributed by atoms with E-state index < -0.39 is 80.9 Å². The fourth-order valence-corrected chi connectivity index (χ4v) is 4.21. The Kier molecular flexibility index (Phi) is 10.8. The highest BCUT2D eigenvalue weighted by atomic mass is 31.2. The lowest BCUT2D eigenvalue weighted by atomic mass is 9.94. The van der Waals surface area contributed by atoms with Gasteiger partial charge in [0.05, 0.1) is 12.0 Å². The number of carbonyl (C=O) groups is 1. The van der Waals surface area contributed by atoms with Gasteiger partial charge in [0.15, 0.2) is 25.5 Å². The molecule has 2 heterocycles. The number of aliphatic hydroxyl groups is 2. The van der Waals surface area contributed by atoms with Crippen LogP contribution in [0.3, 0.4) is 0 Å². The molecule has 2 unspecified atom stereocenters. The van der Waals surface area contributed by atoms with Gasteiger partial charge in [-0.2, -0.15) is 4.98 Å². The van der Waals surface area contributed by atoms with Gasteiger partial charge in [-0.3, -0.25) is 18.4 Å². The summed E-state index contributed by atoms with van der Waals surface area (Å²) in [6.45, 7) is 9.07. The van der Waals surface area contributed by atoms with E-state index in [-0.39, 0.29) is 12.2 Å². The number of carbonyl (C=O) groups excluding carboxylic acids is 1. The molecular weight excluding hydrogens is 544 g/mol. The lowest BCUT2D eigenvalue weighted by Gasteiger charge is -2.32. The van der Waals surface area contributed by atoms with Crippen LogP contribution in [0.25, 0.3) is 0 Å². The lowest BCUT2D eigenvalue weighted by Crippen LogP contribution is -2.45. The van der Waals surface area contributed by atoms with Crippen LogP contribution in [0.5, 0.6) is 0 Å². The van der Waals surface area contributed by atoms with Crippen LogP contribution in [0.2, 0.25) is 0 Å². The first-order valence-electron chi connectivity index (χ1n) is 12.2. The molecule has 0 saturated carbocycles. The van der Waals surface area contributed by atoms with Gasteiger partial charge in [-0.25, -0.2) is 18.3 Å². The average Bonchev–Trinajstić information content (AvgIpc) is 3.07. The molecule has 4 N–H and O–H groups in total. The molecule has 0 amide bonds.